The van der Waals surface area contributed by atoms with Crippen LogP contribution in [0.2, 0.25) is 0 Å². The number of hydrogen-bond donors (Lipinski definition) is 1. The third-order valence-electron chi connectivity index (χ3n) is 5.78. The summed E-state index contributed by atoms with van der Waals surface area (Å²) in [5, 5.41) is 13.2. The van der Waals surface area contributed by atoms with Crippen molar-refractivity contribution in [2.24, 2.45) is 0 Å². The largest absolute Gasteiger partial charge is 0.480 e. The Morgan fingerprint density at radius 2 is 1.75 bits per heavy atom. The average Bonchev–Trinajstić information content (AvgIpc) is 3.36. The Kier molecular flexibility index (Phi) is 8.25. The van der Waals surface area contributed by atoms with Crippen molar-refractivity contribution in [2.45, 2.75) is 26.5 Å². The zero-order valence-electron chi connectivity index (χ0n) is 20.4. The molecule has 0 fully saturated rings. The first-order chi connectivity index (χ1) is 17.4. The van der Waals surface area contributed by atoms with E-state index in [0.717, 1.165) is 28.7 Å². The van der Waals surface area contributed by atoms with E-state index in [1.165, 1.54) is 11.0 Å². The normalized spacial score (nSPS) is 11.2. The predicted octanol–water partition coefficient (Wildman–Crippen LogP) is 6.26. The molecule has 0 atom stereocenters. The second-order valence-electron chi connectivity index (χ2n) is 8.74. The number of nitrogens with zero attached hydrogens (tertiary/aromatic N) is 2. The number of carboxylic acids is 1. The molecule has 0 aliphatic rings. The first kappa shape index (κ1) is 25.3. The van der Waals surface area contributed by atoms with Crippen molar-refractivity contribution in [3.8, 4) is 33.7 Å². The van der Waals surface area contributed by atoms with E-state index in [1.54, 1.807) is 19.2 Å². The van der Waals surface area contributed by atoms with E-state index in [2.05, 4.69) is 36.3 Å². The van der Waals surface area contributed by atoms with Crippen molar-refractivity contribution >= 4 is 5.97 Å². The summed E-state index contributed by atoms with van der Waals surface area (Å²) in [6.45, 7) is 3.23. The van der Waals surface area contributed by atoms with Gasteiger partial charge in [-0.3, -0.25) is 9.69 Å². The molecular weight excluding hydrogens is 459 g/mol. The molecule has 0 bridgehead atoms. The Hall–Kier alpha value is -3.81. The third-order valence-corrected chi connectivity index (χ3v) is 5.78. The molecule has 36 heavy (non-hydrogen) atoms. The first-order valence-corrected chi connectivity index (χ1v) is 11.9. The Labute approximate surface area is 209 Å². The van der Waals surface area contributed by atoms with Crippen molar-refractivity contribution in [1.82, 2.24) is 10.1 Å². The summed E-state index contributed by atoms with van der Waals surface area (Å²) in [6.07, 6.45) is 0.942. The van der Waals surface area contributed by atoms with Crippen molar-refractivity contribution < 1.29 is 23.6 Å². The third kappa shape index (κ3) is 6.24. The van der Waals surface area contributed by atoms with Gasteiger partial charge in [0.2, 0.25) is 0 Å². The molecule has 4 rings (SSSR count). The van der Waals surface area contributed by atoms with Crippen LogP contribution < -0.4 is 0 Å². The van der Waals surface area contributed by atoms with Crippen LogP contribution >= 0.6 is 0 Å². The molecule has 0 spiro atoms. The summed E-state index contributed by atoms with van der Waals surface area (Å²) in [5.41, 5.74) is 5.79. The first-order valence-electron chi connectivity index (χ1n) is 11.9. The molecule has 4 aromatic rings. The number of rotatable bonds is 11. The van der Waals surface area contributed by atoms with Crippen LogP contribution in [0.3, 0.4) is 0 Å². The number of aromatic nitrogens is 1. The second kappa shape index (κ2) is 11.7. The minimum atomic E-state index is -0.965. The van der Waals surface area contributed by atoms with Gasteiger partial charge in [-0.15, -0.1) is 0 Å². The molecule has 186 valence electrons. The number of ether oxygens (including phenoxy) is 1. The van der Waals surface area contributed by atoms with Crippen LogP contribution in [-0.4, -0.2) is 41.3 Å². The van der Waals surface area contributed by atoms with Gasteiger partial charge >= 0.3 is 5.97 Å². The van der Waals surface area contributed by atoms with Gasteiger partial charge in [-0.05, 0) is 54.4 Å². The lowest BCUT2D eigenvalue weighted by atomic mass is 9.97. The van der Waals surface area contributed by atoms with Crippen LogP contribution in [0.5, 0.6) is 0 Å². The maximum atomic E-state index is 14.4. The molecule has 0 aliphatic carbocycles. The Morgan fingerprint density at radius 1 is 1.00 bits per heavy atom. The van der Waals surface area contributed by atoms with E-state index in [0.29, 0.717) is 35.8 Å². The topological polar surface area (TPSA) is 75.8 Å². The maximum Gasteiger partial charge on any atom is 0.317 e. The van der Waals surface area contributed by atoms with Gasteiger partial charge in [0.25, 0.3) is 0 Å². The summed E-state index contributed by atoms with van der Waals surface area (Å²) in [5.74, 6) is -0.767. The summed E-state index contributed by atoms with van der Waals surface area (Å²) < 4.78 is 25.9. The van der Waals surface area contributed by atoms with Crippen molar-refractivity contribution in [3.05, 3.63) is 89.7 Å². The minimum absolute atomic E-state index is 0.165. The Bertz CT molecular complexity index is 1320. The highest BCUT2D eigenvalue weighted by Gasteiger charge is 2.15. The van der Waals surface area contributed by atoms with Gasteiger partial charge in [-0.2, -0.15) is 0 Å². The molecule has 7 heteroatoms. The van der Waals surface area contributed by atoms with Crippen LogP contribution in [0, 0.1) is 5.82 Å². The van der Waals surface area contributed by atoms with Crippen molar-refractivity contribution in [3.63, 3.8) is 0 Å². The molecule has 6 nitrogen and oxygen atoms in total. The van der Waals surface area contributed by atoms with Crippen LogP contribution in [-0.2, 0) is 22.7 Å². The van der Waals surface area contributed by atoms with E-state index < -0.39 is 11.8 Å². The number of carbonyl (C=O) groups is 1. The number of halogens is 1. The molecule has 3 aromatic carbocycles. The van der Waals surface area contributed by atoms with E-state index in [4.69, 9.17) is 14.4 Å². The fourth-order valence-corrected chi connectivity index (χ4v) is 4.07. The van der Waals surface area contributed by atoms with E-state index >= 15 is 0 Å². The molecule has 1 heterocycles. The van der Waals surface area contributed by atoms with Gasteiger partial charge < -0.3 is 14.4 Å². The van der Waals surface area contributed by atoms with Gasteiger partial charge in [-0.1, -0.05) is 54.5 Å². The van der Waals surface area contributed by atoms with E-state index in [1.807, 2.05) is 30.3 Å². The molecule has 0 unspecified atom stereocenters. The van der Waals surface area contributed by atoms with E-state index in [-0.39, 0.29) is 13.1 Å². The maximum absolute atomic E-state index is 14.4. The van der Waals surface area contributed by atoms with Crippen molar-refractivity contribution in [2.75, 3.05) is 20.2 Å². The number of benzene rings is 3. The quantitative estimate of drug-likeness (QED) is 0.251. The van der Waals surface area contributed by atoms with E-state index in [9.17, 15) is 9.18 Å². The SMILES string of the molecule is CCCOCc1cc(-c2cc(-c3ccc(F)c(CN(C)CC(=O)O)c3)no2)ccc1-c1ccccc1. The van der Waals surface area contributed by atoms with Crippen LogP contribution in [0.4, 0.5) is 4.39 Å². The monoisotopic (exact) mass is 488 g/mol. The van der Waals surface area contributed by atoms with Crippen LogP contribution in [0.25, 0.3) is 33.7 Å². The highest BCUT2D eigenvalue weighted by molar-refractivity contribution is 5.74. The molecule has 0 radical (unpaired) electrons. The number of aliphatic carboxylic acids is 1. The second-order valence-corrected chi connectivity index (χ2v) is 8.74. The lowest BCUT2D eigenvalue weighted by Gasteiger charge is -2.15. The van der Waals surface area contributed by atoms with Crippen LogP contribution in [0.1, 0.15) is 24.5 Å². The summed E-state index contributed by atoms with van der Waals surface area (Å²) in [6, 6.07) is 22.8. The molecule has 0 aliphatic heterocycles. The lowest BCUT2D eigenvalue weighted by molar-refractivity contribution is -0.138. The fourth-order valence-electron chi connectivity index (χ4n) is 4.07. The van der Waals surface area contributed by atoms with Gasteiger partial charge in [0.05, 0.1) is 13.2 Å². The summed E-state index contributed by atoms with van der Waals surface area (Å²) in [7, 11) is 1.63. The highest BCUT2D eigenvalue weighted by Crippen LogP contribution is 2.32. The van der Waals surface area contributed by atoms with Crippen molar-refractivity contribution in [1.29, 1.82) is 0 Å². The average molecular weight is 489 g/mol. The number of likely N-dealkylation sites (N-methyl/N-ethyl adjacent to an activating group) is 1. The molecular formula is C29H29FN2O4. The van der Waals surface area contributed by atoms with Gasteiger partial charge in [0.1, 0.15) is 11.5 Å². The number of carboxylic acid groups (broad SMARTS) is 1. The Morgan fingerprint density at radius 3 is 2.50 bits per heavy atom. The highest BCUT2D eigenvalue weighted by atomic mass is 19.1. The summed E-state index contributed by atoms with van der Waals surface area (Å²) in [4.78, 5) is 12.5. The van der Waals surface area contributed by atoms with Gasteiger partial charge in [-0.25, -0.2) is 4.39 Å². The van der Waals surface area contributed by atoms with Gasteiger partial charge in [0.15, 0.2) is 5.76 Å². The smallest absolute Gasteiger partial charge is 0.317 e. The molecule has 1 N–H and O–H groups in total. The lowest BCUT2D eigenvalue weighted by Crippen LogP contribution is -2.25. The molecule has 0 saturated carbocycles. The Balaban J connectivity index is 1.61. The molecule has 0 amide bonds. The van der Waals surface area contributed by atoms with Crippen LogP contribution in [0.15, 0.2) is 77.3 Å². The standard InChI is InChI=1S/C29H29FN2O4/c1-3-13-35-19-24-15-22(9-11-25(24)20-7-5-4-6-8-20)28-16-27(31-36-28)21-10-12-26(30)23(14-21)17-32(2)18-29(33)34/h4-12,14-16H,3,13,17-19H2,1-2H3,(H,33,34). The minimum Gasteiger partial charge on any atom is -0.480 e. The zero-order chi connectivity index (χ0) is 25.5. The number of hydrogen-bond acceptors (Lipinski definition) is 5. The molecule has 1 aromatic heterocycles. The summed E-state index contributed by atoms with van der Waals surface area (Å²) >= 11 is 0. The predicted molar refractivity (Wildman–Crippen MR) is 137 cm³/mol. The molecule has 0 saturated heterocycles. The fraction of sp³-hybridized carbons (Fsp3) is 0.241. The zero-order valence-corrected chi connectivity index (χ0v) is 20.4. The van der Waals surface area contributed by atoms with Gasteiger partial charge in [0, 0.05) is 35.9 Å².